The number of piperazine rings is 1. The van der Waals surface area contributed by atoms with Crippen LogP contribution in [-0.4, -0.2) is 54.5 Å². The van der Waals surface area contributed by atoms with Gasteiger partial charge in [-0.05, 0) is 12.1 Å². The lowest BCUT2D eigenvalue weighted by Crippen LogP contribution is -2.50. The summed E-state index contributed by atoms with van der Waals surface area (Å²) in [5.74, 6) is 0.590. The topological polar surface area (TPSA) is 91.8 Å². The van der Waals surface area contributed by atoms with E-state index in [1.807, 2.05) is 17.0 Å². The van der Waals surface area contributed by atoms with Crippen LogP contribution >= 0.6 is 0 Å². The number of urea groups is 1. The van der Waals surface area contributed by atoms with Crippen molar-refractivity contribution in [3.05, 3.63) is 24.2 Å². The number of nitrogens with two attached hydrogens (primary N) is 1. The van der Waals surface area contributed by atoms with Gasteiger partial charge in [0.1, 0.15) is 5.76 Å². The van der Waals surface area contributed by atoms with Crippen LogP contribution in [0.4, 0.5) is 4.79 Å². The molecule has 2 heterocycles. The molecular weight excluding hydrogens is 248 g/mol. The Bertz CT molecular complexity index is 424. The first-order valence-corrected chi connectivity index (χ1v) is 6.20. The molecule has 3 N–H and O–H groups in total. The number of imide groups is 1. The molecule has 3 amide bonds. The van der Waals surface area contributed by atoms with Gasteiger partial charge in [-0.3, -0.25) is 19.9 Å². The van der Waals surface area contributed by atoms with E-state index in [2.05, 4.69) is 10.2 Å². The highest BCUT2D eigenvalue weighted by molar-refractivity contribution is 5.94. The Hall–Kier alpha value is -1.86. The lowest BCUT2D eigenvalue weighted by molar-refractivity contribution is -0.121. The normalized spacial score (nSPS) is 17.3. The van der Waals surface area contributed by atoms with Crippen LogP contribution < -0.4 is 11.1 Å². The summed E-state index contributed by atoms with van der Waals surface area (Å²) in [6.45, 7) is 4.29. The zero-order valence-electron chi connectivity index (χ0n) is 10.7. The summed E-state index contributed by atoms with van der Waals surface area (Å²) >= 11 is 0. The van der Waals surface area contributed by atoms with E-state index in [-0.39, 0.29) is 12.5 Å². The molecule has 1 saturated heterocycles. The Kier molecular flexibility index (Phi) is 4.53. The zero-order chi connectivity index (χ0) is 13.7. The van der Waals surface area contributed by atoms with Gasteiger partial charge >= 0.3 is 6.03 Å². The average molecular weight is 266 g/mol. The standard InChI is InChI=1S/C12H18N4O3/c13-12(18)14-11(17)9-16-5-3-15(4-6-16)8-10-2-1-7-19-10/h1-2,7H,3-6,8-9H2,(H3,13,14,17,18). The number of hydrogen-bond acceptors (Lipinski definition) is 5. The van der Waals surface area contributed by atoms with E-state index in [1.54, 1.807) is 6.26 Å². The molecule has 104 valence electrons. The number of rotatable bonds is 4. The predicted molar refractivity (Wildman–Crippen MR) is 68.2 cm³/mol. The fourth-order valence-electron chi connectivity index (χ4n) is 2.11. The summed E-state index contributed by atoms with van der Waals surface area (Å²) in [5, 5.41) is 2.07. The molecular formula is C12H18N4O3. The highest BCUT2D eigenvalue weighted by atomic mass is 16.3. The van der Waals surface area contributed by atoms with Crippen LogP contribution in [0.1, 0.15) is 5.76 Å². The molecule has 0 bridgehead atoms. The molecule has 0 atom stereocenters. The van der Waals surface area contributed by atoms with Gasteiger partial charge in [0.2, 0.25) is 5.91 Å². The molecule has 7 nitrogen and oxygen atoms in total. The molecule has 0 spiro atoms. The summed E-state index contributed by atoms with van der Waals surface area (Å²) in [7, 11) is 0. The van der Waals surface area contributed by atoms with Gasteiger partial charge < -0.3 is 10.2 Å². The maximum absolute atomic E-state index is 11.4. The summed E-state index contributed by atoms with van der Waals surface area (Å²) in [6.07, 6.45) is 1.67. The summed E-state index contributed by atoms with van der Waals surface area (Å²) in [6, 6.07) is 3.02. The third-order valence-electron chi connectivity index (χ3n) is 3.05. The van der Waals surface area contributed by atoms with Crippen LogP contribution in [0.15, 0.2) is 22.8 Å². The number of carbonyl (C=O) groups excluding carboxylic acids is 2. The second-order valence-electron chi connectivity index (χ2n) is 4.54. The molecule has 19 heavy (non-hydrogen) atoms. The van der Waals surface area contributed by atoms with E-state index >= 15 is 0 Å². The number of furan rings is 1. The molecule has 0 unspecified atom stereocenters. The highest BCUT2D eigenvalue weighted by Crippen LogP contribution is 2.08. The maximum atomic E-state index is 11.4. The van der Waals surface area contributed by atoms with E-state index in [9.17, 15) is 9.59 Å². The van der Waals surface area contributed by atoms with Gasteiger partial charge in [-0.25, -0.2) is 4.79 Å². The van der Waals surface area contributed by atoms with Crippen molar-refractivity contribution in [1.82, 2.24) is 15.1 Å². The Balaban J connectivity index is 1.70. The number of amides is 3. The molecule has 1 fully saturated rings. The van der Waals surface area contributed by atoms with Crippen molar-refractivity contribution >= 4 is 11.9 Å². The van der Waals surface area contributed by atoms with Crippen molar-refractivity contribution in [2.75, 3.05) is 32.7 Å². The Morgan fingerprint density at radius 2 is 1.95 bits per heavy atom. The summed E-state index contributed by atoms with van der Waals surface area (Å²) in [5.41, 5.74) is 4.89. The van der Waals surface area contributed by atoms with Crippen LogP contribution in [-0.2, 0) is 11.3 Å². The largest absolute Gasteiger partial charge is 0.468 e. The molecule has 1 aromatic rings. The van der Waals surface area contributed by atoms with E-state index in [1.165, 1.54) is 0 Å². The first-order valence-electron chi connectivity index (χ1n) is 6.20. The molecule has 7 heteroatoms. The minimum Gasteiger partial charge on any atom is -0.468 e. The Morgan fingerprint density at radius 1 is 1.26 bits per heavy atom. The first-order chi connectivity index (χ1) is 9.13. The van der Waals surface area contributed by atoms with Crippen LogP contribution in [0.25, 0.3) is 0 Å². The quantitative estimate of drug-likeness (QED) is 0.773. The predicted octanol–water partition coefficient (Wildman–Crippen LogP) is -0.408. The van der Waals surface area contributed by atoms with Crippen LogP contribution in [0, 0.1) is 0 Å². The van der Waals surface area contributed by atoms with Gasteiger partial charge in [0, 0.05) is 26.2 Å². The Morgan fingerprint density at radius 3 is 2.53 bits per heavy atom. The van der Waals surface area contributed by atoms with Crippen LogP contribution in [0.5, 0.6) is 0 Å². The van der Waals surface area contributed by atoms with Crippen molar-refractivity contribution in [2.45, 2.75) is 6.54 Å². The fourth-order valence-corrected chi connectivity index (χ4v) is 2.11. The lowest BCUT2D eigenvalue weighted by atomic mass is 10.3. The van der Waals surface area contributed by atoms with E-state index in [4.69, 9.17) is 10.2 Å². The van der Waals surface area contributed by atoms with Gasteiger partial charge in [-0.1, -0.05) is 0 Å². The molecule has 1 aliphatic rings. The summed E-state index contributed by atoms with van der Waals surface area (Å²) in [4.78, 5) is 26.2. The van der Waals surface area contributed by atoms with Crippen molar-refractivity contribution in [3.8, 4) is 0 Å². The molecule has 1 aromatic heterocycles. The molecule has 1 aliphatic heterocycles. The minimum absolute atomic E-state index is 0.206. The van der Waals surface area contributed by atoms with Gasteiger partial charge in [0.25, 0.3) is 0 Å². The molecule has 0 saturated carbocycles. The second-order valence-corrected chi connectivity index (χ2v) is 4.54. The number of primary amides is 1. The van der Waals surface area contributed by atoms with Crippen LogP contribution in [0.3, 0.4) is 0 Å². The molecule has 0 aromatic carbocycles. The third kappa shape index (κ3) is 4.38. The van der Waals surface area contributed by atoms with E-state index < -0.39 is 6.03 Å². The number of hydrogen-bond donors (Lipinski definition) is 2. The second kappa shape index (κ2) is 6.35. The zero-order valence-corrected chi connectivity index (χ0v) is 10.7. The number of nitrogens with one attached hydrogen (secondary N) is 1. The Labute approximate surface area is 111 Å². The monoisotopic (exact) mass is 266 g/mol. The smallest absolute Gasteiger partial charge is 0.318 e. The molecule has 0 aliphatic carbocycles. The van der Waals surface area contributed by atoms with Gasteiger partial charge in [0.15, 0.2) is 0 Å². The van der Waals surface area contributed by atoms with Gasteiger partial charge in [-0.2, -0.15) is 0 Å². The average Bonchev–Trinajstić information content (AvgIpc) is 2.83. The first kappa shape index (κ1) is 13.6. The molecule has 0 radical (unpaired) electrons. The lowest BCUT2D eigenvalue weighted by Gasteiger charge is -2.33. The highest BCUT2D eigenvalue weighted by Gasteiger charge is 2.19. The van der Waals surface area contributed by atoms with E-state index in [0.29, 0.717) is 0 Å². The minimum atomic E-state index is -0.804. The van der Waals surface area contributed by atoms with Gasteiger partial charge in [-0.15, -0.1) is 0 Å². The SMILES string of the molecule is NC(=O)NC(=O)CN1CCN(Cc2ccco2)CC1. The van der Waals surface area contributed by atoms with Gasteiger partial charge in [0.05, 0.1) is 19.4 Å². The van der Waals surface area contributed by atoms with Crippen molar-refractivity contribution in [3.63, 3.8) is 0 Å². The fraction of sp³-hybridized carbons (Fsp3) is 0.500. The number of nitrogens with zero attached hydrogens (tertiary/aromatic N) is 2. The van der Waals surface area contributed by atoms with Crippen molar-refractivity contribution in [1.29, 1.82) is 0 Å². The third-order valence-corrected chi connectivity index (χ3v) is 3.05. The van der Waals surface area contributed by atoms with Crippen LogP contribution in [0.2, 0.25) is 0 Å². The van der Waals surface area contributed by atoms with E-state index in [0.717, 1.165) is 38.5 Å². The summed E-state index contributed by atoms with van der Waals surface area (Å²) < 4.78 is 5.30. The maximum Gasteiger partial charge on any atom is 0.318 e. The van der Waals surface area contributed by atoms with Crippen molar-refractivity contribution < 1.29 is 14.0 Å². The van der Waals surface area contributed by atoms with Crippen molar-refractivity contribution in [2.24, 2.45) is 5.73 Å². The molecule has 2 rings (SSSR count). The number of carbonyl (C=O) groups is 2.